The Labute approximate surface area is 103 Å². The summed E-state index contributed by atoms with van der Waals surface area (Å²) < 4.78 is 0. The van der Waals surface area contributed by atoms with Crippen molar-refractivity contribution in [1.29, 1.82) is 0 Å². The van der Waals surface area contributed by atoms with E-state index in [0.29, 0.717) is 0 Å². The Morgan fingerprint density at radius 3 is 2.25 bits per heavy atom. The van der Waals surface area contributed by atoms with E-state index in [9.17, 15) is 0 Å². The van der Waals surface area contributed by atoms with E-state index in [1.165, 1.54) is 64.2 Å². The Morgan fingerprint density at radius 2 is 1.69 bits per heavy atom. The van der Waals surface area contributed by atoms with Gasteiger partial charge in [0.25, 0.3) is 0 Å². The quantitative estimate of drug-likeness (QED) is 0.512. The highest BCUT2D eigenvalue weighted by Gasteiger charge is 2.16. The second-order valence-corrected chi connectivity index (χ2v) is 6.10. The van der Waals surface area contributed by atoms with Crippen molar-refractivity contribution in [3.05, 3.63) is 0 Å². The summed E-state index contributed by atoms with van der Waals surface area (Å²) in [5, 5.41) is 0. The summed E-state index contributed by atoms with van der Waals surface area (Å²) in [6, 6.07) is 0. The van der Waals surface area contributed by atoms with Crippen LogP contribution in [0.1, 0.15) is 85.0 Å². The Morgan fingerprint density at radius 1 is 1.00 bits per heavy atom. The fourth-order valence-electron chi connectivity index (χ4n) is 3.17. The summed E-state index contributed by atoms with van der Waals surface area (Å²) in [6.07, 6.45) is 14.8. The lowest BCUT2D eigenvalue weighted by atomic mass is 9.81. The van der Waals surface area contributed by atoms with Gasteiger partial charge in [-0.25, -0.2) is 0 Å². The first-order valence-electron chi connectivity index (χ1n) is 7.76. The molecule has 0 saturated heterocycles. The zero-order valence-electron chi connectivity index (χ0n) is 11.8. The molecule has 0 spiro atoms. The van der Waals surface area contributed by atoms with Crippen LogP contribution in [-0.2, 0) is 0 Å². The first kappa shape index (κ1) is 14.1. The maximum Gasteiger partial charge on any atom is -0.0414 e. The largest absolute Gasteiger partial charge is 0.0651 e. The third-order valence-electron chi connectivity index (χ3n) is 4.72. The molecule has 0 heterocycles. The van der Waals surface area contributed by atoms with Gasteiger partial charge in [-0.1, -0.05) is 78.6 Å². The fraction of sp³-hybridized carbons (Fsp3) is 1.00. The van der Waals surface area contributed by atoms with E-state index in [1.807, 2.05) is 0 Å². The normalized spacial score (nSPS) is 21.9. The molecule has 1 aliphatic rings. The average Bonchev–Trinajstić information content (AvgIpc) is 2.35. The molecule has 1 fully saturated rings. The van der Waals surface area contributed by atoms with Crippen LogP contribution < -0.4 is 0 Å². The Kier molecular flexibility index (Phi) is 7.16. The molecule has 0 heteroatoms. The van der Waals surface area contributed by atoms with Gasteiger partial charge < -0.3 is 0 Å². The summed E-state index contributed by atoms with van der Waals surface area (Å²) >= 11 is 0. The van der Waals surface area contributed by atoms with Gasteiger partial charge in [-0.15, -0.1) is 0 Å². The summed E-state index contributed by atoms with van der Waals surface area (Å²) in [6.45, 7) is 7.13. The molecule has 0 nitrogen and oxygen atoms in total. The highest BCUT2D eigenvalue weighted by Crippen LogP contribution is 2.31. The zero-order chi connectivity index (χ0) is 11.8. The Hall–Kier alpha value is 0. The maximum absolute atomic E-state index is 2.42. The van der Waals surface area contributed by atoms with Gasteiger partial charge in [-0.3, -0.25) is 0 Å². The SMILES string of the molecule is CCC(C)CC(CC)CCC1CCCCC1. The molecule has 0 aliphatic heterocycles. The van der Waals surface area contributed by atoms with Gasteiger partial charge in [0, 0.05) is 0 Å². The molecule has 16 heavy (non-hydrogen) atoms. The van der Waals surface area contributed by atoms with Crippen molar-refractivity contribution in [2.24, 2.45) is 17.8 Å². The lowest BCUT2D eigenvalue weighted by Gasteiger charge is -2.25. The summed E-state index contributed by atoms with van der Waals surface area (Å²) in [5.41, 5.74) is 0. The molecule has 0 amide bonds. The standard InChI is InChI=1S/C16H32/c1-4-14(3)13-15(5-2)11-12-16-9-7-6-8-10-16/h14-16H,4-13H2,1-3H3. The molecule has 96 valence electrons. The monoisotopic (exact) mass is 224 g/mol. The summed E-state index contributed by atoms with van der Waals surface area (Å²) in [5.74, 6) is 3.04. The van der Waals surface area contributed by atoms with Crippen LogP contribution in [0.15, 0.2) is 0 Å². The van der Waals surface area contributed by atoms with Crippen LogP contribution in [0.25, 0.3) is 0 Å². The minimum absolute atomic E-state index is 0.941. The number of hydrogen-bond donors (Lipinski definition) is 0. The smallest absolute Gasteiger partial charge is 0.0414 e. The fourth-order valence-corrected chi connectivity index (χ4v) is 3.17. The third kappa shape index (κ3) is 5.37. The van der Waals surface area contributed by atoms with Crippen LogP contribution in [0, 0.1) is 17.8 Å². The minimum atomic E-state index is 0.941. The molecule has 0 radical (unpaired) electrons. The van der Waals surface area contributed by atoms with E-state index in [2.05, 4.69) is 20.8 Å². The molecule has 1 rings (SSSR count). The van der Waals surface area contributed by atoms with Crippen LogP contribution in [0.4, 0.5) is 0 Å². The van der Waals surface area contributed by atoms with Crippen molar-refractivity contribution in [2.75, 3.05) is 0 Å². The van der Waals surface area contributed by atoms with Gasteiger partial charge >= 0.3 is 0 Å². The molecule has 1 saturated carbocycles. The lowest BCUT2D eigenvalue weighted by Crippen LogP contribution is -2.11. The van der Waals surface area contributed by atoms with Gasteiger partial charge in [-0.05, 0) is 24.2 Å². The van der Waals surface area contributed by atoms with Gasteiger partial charge in [0.05, 0.1) is 0 Å². The van der Waals surface area contributed by atoms with Crippen molar-refractivity contribution >= 4 is 0 Å². The second kappa shape index (κ2) is 8.14. The van der Waals surface area contributed by atoms with Crippen LogP contribution in [-0.4, -0.2) is 0 Å². The van der Waals surface area contributed by atoms with Crippen LogP contribution in [0.5, 0.6) is 0 Å². The van der Waals surface area contributed by atoms with Crippen molar-refractivity contribution in [1.82, 2.24) is 0 Å². The van der Waals surface area contributed by atoms with Gasteiger partial charge in [-0.2, -0.15) is 0 Å². The van der Waals surface area contributed by atoms with E-state index < -0.39 is 0 Å². The number of hydrogen-bond acceptors (Lipinski definition) is 0. The molecular formula is C16H32. The molecule has 0 aromatic rings. The zero-order valence-corrected chi connectivity index (χ0v) is 11.8. The van der Waals surface area contributed by atoms with Crippen molar-refractivity contribution in [3.8, 4) is 0 Å². The molecule has 2 unspecified atom stereocenters. The van der Waals surface area contributed by atoms with E-state index in [-0.39, 0.29) is 0 Å². The molecule has 2 atom stereocenters. The van der Waals surface area contributed by atoms with Crippen molar-refractivity contribution < 1.29 is 0 Å². The molecule has 0 aromatic carbocycles. The molecule has 1 aliphatic carbocycles. The van der Waals surface area contributed by atoms with Gasteiger partial charge in [0.1, 0.15) is 0 Å². The maximum atomic E-state index is 2.42. The minimum Gasteiger partial charge on any atom is -0.0651 e. The average molecular weight is 224 g/mol. The molecule has 0 N–H and O–H groups in total. The van der Waals surface area contributed by atoms with Crippen molar-refractivity contribution in [3.63, 3.8) is 0 Å². The number of rotatable bonds is 7. The predicted molar refractivity (Wildman–Crippen MR) is 73.7 cm³/mol. The topological polar surface area (TPSA) is 0 Å². The van der Waals surface area contributed by atoms with E-state index in [0.717, 1.165) is 17.8 Å². The van der Waals surface area contributed by atoms with Gasteiger partial charge in [0.15, 0.2) is 0 Å². The molecular weight excluding hydrogens is 192 g/mol. The molecule has 0 aromatic heterocycles. The van der Waals surface area contributed by atoms with Crippen LogP contribution in [0.3, 0.4) is 0 Å². The Balaban J connectivity index is 2.16. The highest BCUT2D eigenvalue weighted by molar-refractivity contribution is 4.69. The molecule has 0 bridgehead atoms. The lowest BCUT2D eigenvalue weighted by molar-refractivity contribution is 0.281. The first-order valence-corrected chi connectivity index (χ1v) is 7.76. The highest BCUT2D eigenvalue weighted by atomic mass is 14.2. The summed E-state index contributed by atoms with van der Waals surface area (Å²) in [4.78, 5) is 0. The van der Waals surface area contributed by atoms with Gasteiger partial charge in [0.2, 0.25) is 0 Å². The van der Waals surface area contributed by atoms with E-state index >= 15 is 0 Å². The summed E-state index contributed by atoms with van der Waals surface area (Å²) in [7, 11) is 0. The predicted octanol–water partition coefficient (Wildman–Crippen LogP) is 5.81. The second-order valence-electron chi connectivity index (χ2n) is 6.10. The Bertz CT molecular complexity index is 155. The van der Waals surface area contributed by atoms with E-state index in [4.69, 9.17) is 0 Å². The van der Waals surface area contributed by atoms with Crippen LogP contribution in [0.2, 0.25) is 0 Å². The first-order chi connectivity index (χ1) is 7.76. The van der Waals surface area contributed by atoms with E-state index in [1.54, 1.807) is 0 Å². The third-order valence-corrected chi connectivity index (χ3v) is 4.72. The van der Waals surface area contributed by atoms with Crippen LogP contribution >= 0.6 is 0 Å². The van der Waals surface area contributed by atoms with Crippen molar-refractivity contribution in [2.45, 2.75) is 85.0 Å².